The number of benzene rings is 1. The molecule has 0 bridgehead atoms. The average molecular weight is 543 g/mol. The van der Waals surface area contributed by atoms with Crippen molar-refractivity contribution < 1.29 is 108 Å². The van der Waals surface area contributed by atoms with E-state index in [0.29, 0.717) is 11.5 Å². The Labute approximate surface area is 250 Å². The van der Waals surface area contributed by atoms with Crippen molar-refractivity contribution in [3.63, 3.8) is 0 Å². The molecule has 0 fully saturated rings. The number of nitrogens with zero attached hydrogens (tertiary/aromatic N) is 1. The molecule has 0 saturated heterocycles. The van der Waals surface area contributed by atoms with Gasteiger partial charge in [-0.2, -0.15) is 13.2 Å². The molecule has 15 heteroatoms. The van der Waals surface area contributed by atoms with Gasteiger partial charge >= 0.3 is 59.1 Å². The second-order valence-corrected chi connectivity index (χ2v) is 9.39. The van der Waals surface area contributed by atoms with Crippen LogP contribution in [-0.2, 0) is 33.5 Å². The first kappa shape index (κ1) is 34.6. The molecule has 1 aromatic rings. The maximum Gasteiger partial charge on any atom is 1.00 e. The number of fused-ring (bicyclic) bond motifs is 1. The normalized spacial score (nSPS) is 17.0. The van der Waals surface area contributed by atoms with Crippen LogP contribution in [0.2, 0.25) is 0 Å². The Balaban J connectivity index is 0.00000512. The van der Waals surface area contributed by atoms with E-state index in [1.165, 1.54) is 11.3 Å². The van der Waals surface area contributed by atoms with Gasteiger partial charge in [-0.05, 0) is 38.3 Å². The average Bonchev–Trinajstić information content (AvgIpc) is 2.98. The Morgan fingerprint density at radius 2 is 1.64 bits per heavy atom. The summed E-state index contributed by atoms with van der Waals surface area (Å²) in [6, 6.07) is 5.97. The fourth-order valence-corrected chi connectivity index (χ4v) is 5.01. The van der Waals surface area contributed by atoms with Crippen LogP contribution in [-0.4, -0.2) is 33.6 Å². The van der Waals surface area contributed by atoms with Crippen molar-refractivity contribution in [3.05, 3.63) is 23.8 Å². The second kappa shape index (κ2) is 19.7. The largest absolute Gasteiger partial charge is 1.00 e. The van der Waals surface area contributed by atoms with Crippen molar-refractivity contribution in [1.82, 2.24) is 0 Å². The van der Waals surface area contributed by atoms with Gasteiger partial charge in [0.15, 0.2) is 5.71 Å². The van der Waals surface area contributed by atoms with Gasteiger partial charge in [0, 0.05) is 65.5 Å². The summed E-state index contributed by atoms with van der Waals surface area (Å²) in [5.74, 6) is 1.36. The van der Waals surface area contributed by atoms with Gasteiger partial charge in [0.25, 0.3) is 0 Å². The third kappa shape index (κ3) is 10.8. The van der Waals surface area contributed by atoms with Gasteiger partial charge in [-0.3, -0.25) is 10.1 Å². The molecule has 1 unspecified atom stereocenters. The zero-order chi connectivity index (χ0) is 22.5. The van der Waals surface area contributed by atoms with Crippen LogP contribution in [0.3, 0.4) is 0 Å². The quantitative estimate of drug-likeness (QED) is 0.0546. The van der Waals surface area contributed by atoms with Crippen molar-refractivity contribution in [2.24, 2.45) is 0 Å². The van der Waals surface area contributed by atoms with Crippen molar-refractivity contribution in [1.29, 1.82) is 0 Å². The summed E-state index contributed by atoms with van der Waals surface area (Å²) in [7, 11) is 0. The van der Waals surface area contributed by atoms with Crippen molar-refractivity contribution in [3.8, 4) is 0 Å². The predicted molar refractivity (Wildman–Crippen MR) is 112 cm³/mol. The van der Waals surface area contributed by atoms with Crippen LogP contribution in [0, 0.1) is 0 Å². The smallest absolute Gasteiger partial charge is 0.691 e. The van der Waals surface area contributed by atoms with Gasteiger partial charge in [-0.1, -0.05) is 11.5 Å². The third-order valence-corrected chi connectivity index (χ3v) is 7.17. The van der Waals surface area contributed by atoms with Gasteiger partial charge in [0.2, 0.25) is 5.69 Å². The molecular formula is C18H26NNa2O9S3+. The number of hydrogen-bond donors (Lipinski definition) is 1. The summed E-state index contributed by atoms with van der Waals surface area (Å²) in [4.78, 5) is 0.782. The Morgan fingerprint density at radius 1 is 0.970 bits per heavy atom. The topological polar surface area (TPSA) is 125 Å². The van der Waals surface area contributed by atoms with Crippen LogP contribution >= 0.6 is 36.1 Å². The molecule has 1 aromatic carbocycles. The minimum absolute atomic E-state index is 0. The molecule has 33 heavy (non-hydrogen) atoms. The summed E-state index contributed by atoms with van der Waals surface area (Å²) in [5.41, 5.74) is 3.36. The molecule has 0 amide bonds. The van der Waals surface area contributed by atoms with Gasteiger partial charge in [-0.25, -0.2) is 5.26 Å². The zero-order valence-electron chi connectivity index (χ0n) is 19.3. The van der Waals surface area contributed by atoms with E-state index in [-0.39, 0.29) is 64.5 Å². The van der Waals surface area contributed by atoms with E-state index in [1.54, 1.807) is 0 Å². The third-order valence-electron chi connectivity index (χ3n) is 5.38. The van der Waals surface area contributed by atoms with E-state index in [1.807, 2.05) is 18.2 Å². The molecule has 1 aliphatic heterocycles. The molecule has 0 aromatic heterocycles. The monoisotopic (exact) mass is 542 g/mol. The van der Waals surface area contributed by atoms with E-state index in [0.717, 1.165) is 85.4 Å². The van der Waals surface area contributed by atoms with E-state index < -0.39 is 0 Å². The van der Waals surface area contributed by atoms with Crippen molar-refractivity contribution in [2.75, 3.05) is 18.1 Å². The molecule has 0 spiro atoms. The predicted octanol–water partition coefficient (Wildman–Crippen LogP) is -2.81. The SMILES string of the molecule is CC1=[N+](CCCCSOOO)c2ccc(SOO[O-])cc2C1(C)CCCCSOO[O-].[Na+].[Na+]. The Kier molecular flexibility index (Phi) is 20.6. The van der Waals surface area contributed by atoms with E-state index >= 15 is 0 Å². The maximum atomic E-state index is 10.2. The summed E-state index contributed by atoms with van der Waals surface area (Å²) in [6.07, 6.45) is 4.54. The Hall–Kier alpha value is 1.58. The van der Waals surface area contributed by atoms with E-state index in [2.05, 4.69) is 46.5 Å². The van der Waals surface area contributed by atoms with Gasteiger partial charge < -0.3 is 10.5 Å². The van der Waals surface area contributed by atoms with Crippen LogP contribution in [0.15, 0.2) is 23.1 Å². The van der Waals surface area contributed by atoms with Crippen molar-refractivity contribution >= 4 is 47.5 Å². The van der Waals surface area contributed by atoms with E-state index in [9.17, 15) is 10.5 Å². The first-order valence-corrected chi connectivity index (χ1v) is 12.2. The summed E-state index contributed by atoms with van der Waals surface area (Å²) >= 11 is 2.94. The zero-order valence-corrected chi connectivity index (χ0v) is 25.7. The molecule has 1 heterocycles. The van der Waals surface area contributed by atoms with Crippen LogP contribution in [0.4, 0.5) is 5.69 Å². The molecule has 10 nitrogen and oxygen atoms in total. The minimum Gasteiger partial charge on any atom is -0.691 e. The van der Waals surface area contributed by atoms with Crippen molar-refractivity contribution in [2.45, 2.75) is 56.3 Å². The number of rotatable bonds is 17. The molecule has 0 aliphatic carbocycles. The van der Waals surface area contributed by atoms with Gasteiger partial charge in [0.1, 0.15) is 6.54 Å². The Morgan fingerprint density at radius 3 is 2.30 bits per heavy atom. The van der Waals surface area contributed by atoms with Crippen LogP contribution in [0.25, 0.3) is 0 Å². The summed E-state index contributed by atoms with van der Waals surface area (Å²) in [6.45, 7) is 5.20. The molecule has 1 atom stereocenters. The molecule has 0 radical (unpaired) electrons. The van der Waals surface area contributed by atoms with Gasteiger partial charge in [-0.15, -0.1) is 4.33 Å². The van der Waals surface area contributed by atoms with Crippen LogP contribution < -0.4 is 69.6 Å². The first-order chi connectivity index (χ1) is 15.1. The standard InChI is InChI=1S/C18H27NO9S3.2Na/c1-14-18(2,9-3-5-11-29-26-23-20)16-13-15(31-28-25-22)7-8-17(16)19(14)10-4-6-12-30-27-24-21;;/h7-8,13H,3-6,9-12H2,1-2H3,(H2-,20,21,22);;/q;2*+1/p-1. The fourth-order valence-electron chi connectivity index (χ4n) is 3.75. The van der Waals surface area contributed by atoms with Crippen LogP contribution in [0.1, 0.15) is 51.5 Å². The molecular weight excluding hydrogens is 516 g/mol. The fraction of sp³-hybridized carbons (Fsp3) is 0.611. The summed E-state index contributed by atoms with van der Waals surface area (Å²) in [5, 5.41) is 38.7. The van der Waals surface area contributed by atoms with Crippen LogP contribution in [0.5, 0.6) is 0 Å². The molecule has 176 valence electrons. The first-order valence-electron chi connectivity index (χ1n) is 9.65. The maximum absolute atomic E-state index is 10.2. The molecule has 0 saturated carbocycles. The minimum atomic E-state index is -0.187. The molecule has 1 aliphatic rings. The summed E-state index contributed by atoms with van der Waals surface area (Å²) < 4.78 is 15.5. The van der Waals surface area contributed by atoms with Gasteiger partial charge in [0.05, 0.1) is 17.5 Å². The second-order valence-electron chi connectivity index (χ2n) is 7.05. The number of unbranched alkanes of at least 4 members (excludes halogenated alkanes) is 2. The Bertz CT molecular complexity index is 721. The molecule has 2 rings (SSSR count). The van der Waals surface area contributed by atoms with E-state index in [4.69, 9.17) is 5.26 Å². The number of hydrogen-bond acceptors (Lipinski definition) is 12. The molecule has 1 N–H and O–H groups in total.